The fourth-order valence-corrected chi connectivity index (χ4v) is 3.07. The lowest BCUT2D eigenvalue weighted by Crippen LogP contribution is -2.06. The molecule has 0 saturated carbocycles. The zero-order valence-corrected chi connectivity index (χ0v) is 13.2. The summed E-state index contributed by atoms with van der Waals surface area (Å²) < 4.78 is 0. The molecule has 1 unspecified atom stereocenters. The quantitative estimate of drug-likeness (QED) is 0.733. The van der Waals surface area contributed by atoms with Gasteiger partial charge in [0.25, 0.3) is 0 Å². The highest BCUT2D eigenvalue weighted by Gasteiger charge is 2.19. The molecular formula is C17H15ClO2S. The second-order valence-electron chi connectivity index (χ2n) is 4.64. The normalized spacial score (nSPS) is 11.9. The van der Waals surface area contributed by atoms with Crippen molar-refractivity contribution in [3.8, 4) is 0 Å². The Morgan fingerprint density at radius 3 is 2.24 bits per heavy atom. The predicted molar refractivity (Wildman–Crippen MR) is 87.9 cm³/mol. The van der Waals surface area contributed by atoms with Crippen molar-refractivity contribution in [1.82, 2.24) is 0 Å². The minimum Gasteiger partial charge on any atom is -0.294 e. The van der Waals surface area contributed by atoms with Gasteiger partial charge in [-0.1, -0.05) is 65.8 Å². The van der Waals surface area contributed by atoms with Crippen LogP contribution in [0.1, 0.15) is 34.5 Å². The van der Waals surface area contributed by atoms with Crippen molar-refractivity contribution in [1.29, 1.82) is 0 Å². The van der Waals surface area contributed by atoms with Crippen LogP contribution < -0.4 is 0 Å². The first-order valence-corrected chi connectivity index (χ1v) is 7.83. The zero-order chi connectivity index (χ0) is 15.2. The SMILES string of the molecule is CC(=O)SC(CC(=O)c1ccccc1)c1ccc(Cl)cc1. The van der Waals surface area contributed by atoms with Crippen molar-refractivity contribution in [2.75, 3.05) is 0 Å². The van der Waals surface area contributed by atoms with Gasteiger partial charge in [-0.15, -0.1) is 0 Å². The number of rotatable bonds is 5. The molecule has 0 aliphatic carbocycles. The highest BCUT2D eigenvalue weighted by atomic mass is 35.5. The summed E-state index contributed by atoms with van der Waals surface area (Å²) in [7, 11) is 0. The first-order valence-electron chi connectivity index (χ1n) is 6.57. The third kappa shape index (κ3) is 4.73. The van der Waals surface area contributed by atoms with Gasteiger partial charge in [-0.05, 0) is 17.7 Å². The molecule has 0 saturated heterocycles. The topological polar surface area (TPSA) is 34.1 Å². The monoisotopic (exact) mass is 318 g/mol. The Bertz CT molecular complexity index is 623. The van der Waals surface area contributed by atoms with Gasteiger partial charge in [0.1, 0.15) is 0 Å². The molecule has 0 N–H and O–H groups in total. The number of halogens is 1. The van der Waals surface area contributed by atoms with Gasteiger partial charge in [-0.3, -0.25) is 9.59 Å². The fraction of sp³-hybridized carbons (Fsp3) is 0.176. The minimum absolute atomic E-state index is 0.00388. The molecule has 0 aliphatic rings. The molecule has 0 aromatic heterocycles. The van der Waals surface area contributed by atoms with Gasteiger partial charge < -0.3 is 0 Å². The second kappa shape index (κ2) is 7.43. The van der Waals surface area contributed by atoms with Gasteiger partial charge in [0.15, 0.2) is 10.9 Å². The van der Waals surface area contributed by atoms with Crippen LogP contribution >= 0.6 is 23.4 Å². The molecule has 0 fully saturated rings. The Labute approximate surface area is 133 Å². The molecule has 2 aromatic carbocycles. The maximum atomic E-state index is 12.3. The van der Waals surface area contributed by atoms with E-state index in [-0.39, 0.29) is 22.6 Å². The number of thioether (sulfide) groups is 1. The summed E-state index contributed by atoms with van der Waals surface area (Å²) >= 11 is 7.06. The summed E-state index contributed by atoms with van der Waals surface area (Å²) in [5, 5.41) is 0.447. The molecule has 2 aromatic rings. The van der Waals surface area contributed by atoms with E-state index in [2.05, 4.69) is 0 Å². The molecule has 0 heterocycles. The lowest BCUT2D eigenvalue weighted by Gasteiger charge is -2.15. The lowest BCUT2D eigenvalue weighted by atomic mass is 10.0. The first-order chi connectivity index (χ1) is 10.1. The first kappa shape index (κ1) is 15.8. The van der Waals surface area contributed by atoms with Gasteiger partial charge in [0.2, 0.25) is 0 Å². The van der Waals surface area contributed by atoms with Crippen molar-refractivity contribution in [2.24, 2.45) is 0 Å². The van der Waals surface area contributed by atoms with Crippen LogP contribution in [-0.4, -0.2) is 10.9 Å². The third-order valence-electron chi connectivity index (χ3n) is 3.02. The Balaban J connectivity index is 2.18. The van der Waals surface area contributed by atoms with Crippen LogP contribution in [0.3, 0.4) is 0 Å². The Morgan fingerprint density at radius 2 is 1.67 bits per heavy atom. The summed E-state index contributed by atoms with van der Waals surface area (Å²) in [6, 6.07) is 16.4. The molecule has 2 nitrogen and oxygen atoms in total. The van der Waals surface area contributed by atoms with E-state index in [0.717, 1.165) is 5.56 Å². The molecule has 1 atom stereocenters. The van der Waals surface area contributed by atoms with E-state index in [1.165, 1.54) is 18.7 Å². The lowest BCUT2D eigenvalue weighted by molar-refractivity contribution is -0.109. The summed E-state index contributed by atoms with van der Waals surface area (Å²) in [5.41, 5.74) is 1.60. The van der Waals surface area contributed by atoms with E-state index in [0.29, 0.717) is 10.6 Å². The van der Waals surface area contributed by atoms with Crippen molar-refractivity contribution in [2.45, 2.75) is 18.6 Å². The van der Waals surface area contributed by atoms with Crippen molar-refractivity contribution < 1.29 is 9.59 Å². The van der Waals surface area contributed by atoms with Gasteiger partial charge in [0, 0.05) is 29.2 Å². The average molecular weight is 319 g/mol. The van der Waals surface area contributed by atoms with E-state index < -0.39 is 0 Å². The minimum atomic E-state index is -0.188. The number of Topliss-reactive ketones (excluding diaryl/α,β-unsaturated/α-hetero) is 1. The molecule has 108 valence electrons. The number of hydrogen-bond acceptors (Lipinski definition) is 3. The second-order valence-corrected chi connectivity index (χ2v) is 6.46. The van der Waals surface area contributed by atoms with Gasteiger partial charge in [-0.2, -0.15) is 0 Å². The molecule has 0 bridgehead atoms. The molecule has 2 rings (SSSR count). The maximum Gasteiger partial charge on any atom is 0.186 e. The van der Waals surface area contributed by atoms with E-state index in [9.17, 15) is 9.59 Å². The van der Waals surface area contributed by atoms with Crippen LogP contribution in [0.4, 0.5) is 0 Å². The molecule has 0 spiro atoms. The molecular weight excluding hydrogens is 304 g/mol. The van der Waals surface area contributed by atoms with Gasteiger partial charge in [-0.25, -0.2) is 0 Å². The van der Waals surface area contributed by atoms with Crippen LogP contribution in [0.15, 0.2) is 54.6 Å². The Hall–Kier alpha value is -1.58. The summed E-state index contributed by atoms with van der Waals surface area (Å²) in [4.78, 5) is 23.8. The summed E-state index contributed by atoms with van der Waals surface area (Å²) in [6.45, 7) is 1.51. The van der Waals surface area contributed by atoms with E-state index in [1.807, 2.05) is 30.3 Å². The average Bonchev–Trinajstić information content (AvgIpc) is 2.48. The number of carbonyl (C=O) groups excluding carboxylic acids is 2. The number of carbonyl (C=O) groups is 2. The Morgan fingerprint density at radius 1 is 1.05 bits per heavy atom. The van der Waals surface area contributed by atoms with Crippen LogP contribution in [-0.2, 0) is 4.79 Å². The summed E-state index contributed by atoms with van der Waals surface area (Å²) in [6.07, 6.45) is 0.288. The van der Waals surface area contributed by atoms with E-state index >= 15 is 0 Å². The number of hydrogen-bond donors (Lipinski definition) is 0. The van der Waals surface area contributed by atoms with Gasteiger partial charge in [0.05, 0.1) is 0 Å². The van der Waals surface area contributed by atoms with Crippen molar-refractivity contribution >= 4 is 34.3 Å². The fourth-order valence-electron chi connectivity index (χ4n) is 2.02. The van der Waals surface area contributed by atoms with Crippen LogP contribution in [0.25, 0.3) is 0 Å². The highest BCUT2D eigenvalue weighted by molar-refractivity contribution is 8.13. The molecule has 4 heteroatoms. The smallest absolute Gasteiger partial charge is 0.186 e. The van der Waals surface area contributed by atoms with Crippen LogP contribution in [0.5, 0.6) is 0 Å². The van der Waals surface area contributed by atoms with Crippen LogP contribution in [0.2, 0.25) is 5.02 Å². The maximum absolute atomic E-state index is 12.3. The number of ketones is 1. The largest absolute Gasteiger partial charge is 0.294 e. The molecule has 0 radical (unpaired) electrons. The third-order valence-corrected chi connectivity index (χ3v) is 4.32. The van der Waals surface area contributed by atoms with Gasteiger partial charge >= 0.3 is 0 Å². The zero-order valence-electron chi connectivity index (χ0n) is 11.6. The predicted octanol–water partition coefficient (Wildman–Crippen LogP) is 4.93. The Kier molecular flexibility index (Phi) is 5.59. The summed E-state index contributed by atoms with van der Waals surface area (Å²) in [5.74, 6) is 0.0318. The molecule has 0 amide bonds. The molecule has 21 heavy (non-hydrogen) atoms. The molecule has 0 aliphatic heterocycles. The standard InChI is InChI=1S/C17H15ClO2S/c1-12(19)21-17(14-7-9-15(18)10-8-14)11-16(20)13-5-3-2-4-6-13/h2-10,17H,11H2,1H3. The highest BCUT2D eigenvalue weighted by Crippen LogP contribution is 2.34. The van der Waals surface area contributed by atoms with Crippen molar-refractivity contribution in [3.63, 3.8) is 0 Å². The van der Waals surface area contributed by atoms with E-state index in [1.54, 1.807) is 24.3 Å². The van der Waals surface area contributed by atoms with Crippen molar-refractivity contribution in [3.05, 3.63) is 70.7 Å². The number of benzene rings is 2. The van der Waals surface area contributed by atoms with E-state index in [4.69, 9.17) is 11.6 Å². The van der Waals surface area contributed by atoms with Crippen LogP contribution in [0, 0.1) is 0 Å².